The monoisotopic (exact) mass is 184 g/mol. The lowest BCUT2D eigenvalue weighted by atomic mass is 9.84. The molecular formula is C10H20N2O. The van der Waals surface area contributed by atoms with Crippen molar-refractivity contribution in [1.82, 2.24) is 5.32 Å². The molecule has 1 aliphatic rings. The van der Waals surface area contributed by atoms with Crippen molar-refractivity contribution in [3.63, 3.8) is 0 Å². The van der Waals surface area contributed by atoms with Crippen LogP contribution in [-0.2, 0) is 4.79 Å². The molecule has 3 N–H and O–H groups in total. The minimum absolute atomic E-state index is 0.000579. The van der Waals surface area contributed by atoms with E-state index < -0.39 is 0 Å². The Morgan fingerprint density at radius 3 is 2.77 bits per heavy atom. The highest BCUT2D eigenvalue weighted by atomic mass is 16.1. The van der Waals surface area contributed by atoms with Gasteiger partial charge in [-0.1, -0.05) is 20.3 Å². The van der Waals surface area contributed by atoms with E-state index in [-0.39, 0.29) is 11.4 Å². The van der Waals surface area contributed by atoms with Gasteiger partial charge in [0.25, 0.3) is 0 Å². The number of nitrogens with one attached hydrogen (secondary N) is 1. The molecule has 1 saturated carbocycles. The molecule has 0 heterocycles. The molecule has 0 saturated heterocycles. The van der Waals surface area contributed by atoms with Gasteiger partial charge in [-0.3, -0.25) is 4.79 Å². The number of amides is 1. The molecule has 1 fully saturated rings. The van der Waals surface area contributed by atoms with Crippen molar-refractivity contribution < 1.29 is 4.79 Å². The average Bonchev–Trinajstić information content (AvgIpc) is 2.32. The quantitative estimate of drug-likeness (QED) is 0.685. The average molecular weight is 184 g/mol. The molecule has 1 amide bonds. The van der Waals surface area contributed by atoms with Gasteiger partial charge in [-0.05, 0) is 25.3 Å². The van der Waals surface area contributed by atoms with E-state index in [1.54, 1.807) is 0 Å². The number of rotatable bonds is 4. The molecule has 3 nitrogen and oxygen atoms in total. The highest BCUT2D eigenvalue weighted by Gasteiger charge is 2.40. The van der Waals surface area contributed by atoms with Gasteiger partial charge in [0.2, 0.25) is 5.91 Å². The Kier molecular flexibility index (Phi) is 3.31. The molecule has 1 aliphatic carbocycles. The lowest BCUT2D eigenvalue weighted by Crippen LogP contribution is -2.49. The zero-order chi connectivity index (χ0) is 9.90. The summed E-state index contributed by atoms with van der Waals surface area (Å²) in [5.41, 5.74) is 5.27. The van der Waals surface area contributed by atoms with Crippen molar-refractivity contribution in [2.24, 2.45) is 11.7 Å². The Bertz CT molecular complexity index is 193. The minimum Gasteiger partial charge on any atom is -0.370 e. The van der Waals surface area contributed by atoms with E-state index in [0.29, 0.717) is 12.3 Å². The first-order valence-electron chi connectivity index (χ1n) is 5.14. The van der Waals surface area contributed by atoms with Crippen LogP contribution in [-0.4, -0.2) is 18.0 Å². The van der Waals surface area contributed by atoms with E-state index in [4.69, 9.17) is 5.73 Å². The Balaban J connectivity index is 2.67. The number of carbonyl (C=O) groups excluding carboxylic acids is 1. The zero-order valence-electron chi connectivity index (χ0n) is 8.60. The second kappa shape index (κ2) is 4.09. The van der Waals surface area contributed by atoms with Crippen LogP contribution in [0.3, 0.4) is 0 Å². The molecule has 1 rings (SSSR count). The number of hydrogen-bond acceptors (Lipinski definition) is 2. The molecule has 2 atom stereocenters. The summed E-state index contributed by atoms with van der Waals surface area (Å²) in [6, 6.07) is 0. The summed E-state index contributed by atoms with van der Waals surface area (Å²) in [6.07, 6.45) is 3.99. The smallest absolute Gasteiger partial charge is 0.219 e. The molecule has 0 aliphatic heterocycles. The molecule has 0 spiro atoms. The summed E-state index contributed by atoms with van der Waals surface area (Å²) in [4.78, 5) is 11.0. The summed E-state index contributed by atoms with van der Waals surface area (Å²) in [6.45, 7) is 5.20. The van der Waals surface area contributed by atoms with Gasteiger partial charge >= 0.3 is 0 Å². The fraction of sp³-hybridized carbons (Fsp3) is 0.900. The molecule has 0 radical (unpaired) electrons. The van der Waals surface area contributed by atoms with Crippen molar-refractivity contribution in [1.29, 1.82) is 0 Å². The maximum Gasteiger partial charge on any atom is 0.219 e. The fourth-order valence-electron chi connectivity index (χ4n) is 2.50. The van der Waals surface area contributed by atoms with Crippen molar-refractivity contribution in [2.45, 2.75) is 45.1 Å². The minimum atomic E-state index is -0.185. The van der Waals surface area contributed by atoms with Gasteiger partial charge in [0.1, 0.15) is 0 Å². The second-order valence-corrected chi connectivity index (χ2v) is 4.12. The van der Waals surface area contributed by atoms with Gasteiger partial charge in [0, 0.05) is 12.0 Å². The normalized spacial score (nSPS) is 33.5. The van der Waals surface area contributed by atoms with Crippen molar-refractivity contribution in [2.75, 3.05) is 6.54 Å². The molecule has 3 heteroatoms. The van der Waals surface area contributed by atoms with E-state index >= 15 is 0 Å². The van der Waals surface area contributed by atoms with Crippen LogP contribution in [0.2, 0.25) is 0 Å². The van der Waals surface area contributed by atoms with Gasteiger partial charge in [0.15, 0.2) is 0 Å². The first kappa shape index (κ1) is 10.5. The first-order valence-corrected chi connectivity index (χ1v) is 5.14. The molecule has 2 unspecified atom stereocenters. The maximum absolute atomic E-state index is 11.0. The van der Waals surface area contributed by atoms with Gasteiger partial charge in [-0.15, -0.1) is 0 Å². The van der Waals surface area contributed by atoms with Crippen molar-refractivity contribution >= 4 is 5.91 Å². The van der Waals surface area contributed by atoms with E-state index in [1.165, 1.54) is 12.8 Å². The Labute approximate surface area is 80.1 Å². The molecule has 76 valence electrons. The number of hydrogen-bond donors (Lipinski definition) is 2. The maximum atomic E-state index is 11.0. The molecule has 0 aromatic heterocycles. The number of primary amides is 1. The predicted octanol–water partition coefficient (Wildman–Crippen LogP) is 1.03. The largest absolute Gasteiger partial charge is 0.370 e. The molecular weight excluding hydrogens is 164 g/mol. The van der Waals surface area contributed by atoms with Gasteiger partial charge < -0.3 is 11.1 Å². The predicted molar refractivity (Wildman–Crippen MR) is 53.2 cm³/mol. The highest BCUT2D eigenvalue weighted by molar-refractivity contribution is 5.75. The van der Waals surface area contributed by atoms with Crippen LogP contribution in [0.15, 0.2) is 0 Å². The van der Waals surface area contributed by atoms with Crippen LogP contribution in [0.5, 0.6) is 0 Å². The number of nitrogens with two attached hydrogens (primary N) is 1. The lowest BCUT2D eigenvalue weighted by Gasteiger charge is -2.33. The molecule has 0 aromatic rings. The van der Waals surface area contributed by atoms with Gasteiger partial charge in [-0.25, -0.2) is 0 Å². The van der Waals surface area contributed by atoms with Crippen LogP contribution in [0.25, 0.3) is 0 Å². The molecule has 0 aromatic carbocycles. The Morgan fingerprint density at radius 2 is 2.38 bits per heavy atom. The van der Waals surface area contributed by atoms with Crippen LogP contribution in [0.4, 0.5) is 0 Å². The van der Waals surface area contributed by atoms with E-state index in [1.807, 2.05) is 0 Å². The third-order valence-electron chi connectivity index (χ3n) is 3.22. The second-order valence-electron chi connectivity index (χ2n) is 4.12. The zero-order valence-corrected chi connectivity index (χ0v) is 8.60. The van der Waals surface area contributed by atoms with E-state index in [0.717, 1.165) is 13.0 Å². The first-order chi connectivity index (χ1) is 6.10. The summed E-state index contributed by atoms with van der Waals surface area (Å²) in [7, 11) is 0. The van der Waals surface area contributed by atoms with Gasteiger partial charge in [-0.2, -0.15) is 0 Å². The topological polar surface area (TPSA) is 55.1 Å². The van der Waals surface area contributed by atoms with Crippen LogP contribution >= 0.6 is 0 Å². The number of carbonyl (C=O) groups is 1. The van der Waals surface area contributed by atoms with Crippen molar-refractivity contribution in [3.8, 4) is 0 Å². The van der Waals surface area contributed by atoms with Crippen LogP contribution in [0, 0.1) is 5.92 Å². The highest BCUT2D eigenvalue weighted by Crippen LogP contribution is 2.37. The Hall–Kier alpha value is -0.570. The van der Waals surface area contributed by atoms with Crippen molar-refractivity contribution in [3.05, 3.63) is 0 Å². The fourth-order valence-corrected chi connectivity index (χ4v) is 2.50. The van der Waals surface area contributed by atoms with E-state index in [9.17, 15) is 4.79 Å². The van der Waals surface area contributed by atoms with Crippen LogP contribution < -0.4 is 11.1 Å². The standard InChI is InChI=1S/C10H20N2O/c1-3-12-10(7-9(11)13)6-4-5-8(10)2/h8,12H,3-7H2,1-2H3,(H2,11,13). The van der Waals surface area contributed by atoms with Gasteiger partial charge in [0.05, 0.1) is 0 Å². The molecule has 0 bridgehead atoms. The summed E-state index contributed by atoms with van der Waals surface area (Å²) < 4.78 is 0. The van der Waals surface area contributed by atoms with Crippen LogP contribution in [0.1, 0.15) is 39.5 Å². The Morgan fingerprint density at radius 1 is 1.69 bits per heavy atom. The lowest BCUT2D eigenvalue weighted by molar-refractivity contribution is -0.119. The third kappa shape index (κ3) is 2.21. The summed E-state index contributed by atoms with van der Waals surface area (Å²) in [5, 5.41) is 3.44. The van der Waals surface area contributed by atoms with E-state index in [2.05, 4.69) is 19.2 Å². The SMILES string of the molecule is CCNC1(CC(N)=O)CCCC1C. The summed E-state index contributed by atoms with van der Waals surface area (Å²) in [5.74, 6) is 0.384. The molecule has 13 heavy (non-hydrogen) atoms. The third-order valence-corrected chi connectivity index (χ3v) is 3.22. The summed E-state index contributed by atoms with van der Waals surface area (Å²) >= 11 is 0.